The van der Waals surface area contributed by atoms with Gasteiger partial charge in [0.05, 0.1) is 6.54 Å². The molecular weight excluding hydrogens is 392 g/mol. The van der Waals surface area contributed by atoms with Crippen LogP contribution in [0.4, 0.5) is 8.78 Å². The van der Waals surface area contributed by atoms with Gasteiger partial charge in [0.1, 0.15) is 23.6 Å². The highest BCUT2D eigenvalue weighted by atomic mass is 35.5. The molecule has 0 spiro atoms. The van der Waals surface area contributed by atoms with Gasteiger partial charge in [0, 0.05) is 29.2 Å². The minimum absolute atomic E-state index is 0.174. The number of hydrogen-bond acceptors (Lipinski definition) is 3. The summed E-state index contributed by atoms with van der Waals surface area (Å²) in [5.41, 5.74) is -0.00501. The van der Waals surface area contributed by atoms with Crippen LogP contribution in [-0.4, -0.2) is 21.4 Å². The number of benzene rings is 2. The van der Waals surface area contributed by atoms with Crippen LogP contribution in [0, 0.1) is 16.4 Å². The van der Waals surface area contributed by atoms with Crippen LogP contribution in [0.2, 0.25) is 5.02 Å². The van der Waals surface area contributed by atoms with Crippen molar-refractivity contribution < 1.29 is 13.5 Å². The summed E-state index contributed by atoms with van der Waals surface area (Å²) in [6.07, 6.45) is 2.11. The second-order valence-electron chi connectivity index (χ2n) is 6.48. The van der Waals surface area contributed by atoms with Crippen LogP contribution in [-0.2, 0) is 16.9 Å². The zero-order chi connectivity index (χ0) is 19.0. The van der Waals surface area contributed by atoms with Crippen LogP contribution in [0.1, 0.15) is 23.5 Å². The van der Waals surface area contributed by atoms with Gasteiger partial charge in [-0.15, -0.1) is 0 Å². The lowest BCUT2D eigenvalue weighted by Crippen LogP contribution is -2.37. The fraction of sp³-hybridized carbons (Fsp3) is 0.263. The molecule has 8 heteroatoms. The highest BCUT2D eigenvalue weighted by Crippen LogP contribution is 2.50. The number of halogens is 3. The lowest BCUT2D eigenvalue weighted by molar-refractivity contribution is -0.0302. The fourth-order valence-corrected chi connectivity index (χ4v) is 4.24. The van der Waals surface area contributed by atoms with E-state index in [1.54, 1.807) is 10.7 Å². The van der Waals surface area contributed by atoms with Crippen molar-refractivity contribution >= 4 is 23.8 Å². The SMILES string of the molecule is Fc1ccc([C@@]2(Cn3nc[nH]c3=S)OCC[C@H]2c2ccccc2Cl)c(F)c1. The zero-order valence-corrected chi connectivity index (χ0v) is 15.7. The topological polar surface area (TPSA) is 42.8 Å². The minimum atomic E-state index is -1.11. The van der Waals surface area contributed by atoms with Crippen molar-refractivity contribution in [2.45, 2.75) is 24.5 Å². The van der Waals surface area contributed by atoms with Crippen molar-refractivity contribution in [1.29, 1.82) is 0 Å². The van der Waals surface area contributed by atoms with E-state index in [1.165, 1.54) is 18.5 Å². The molecule has 2 heterocycles. The van der Waals surface area contributed by atoms with Crippen molar-refractivity contribution in [3.8, 4) is 0 Å². The highest BCUT2D eigenvalue weighted by Gasteiger charge is 2.49. The zero-order valence-electron chi connectivity index (χ0n) is 14.2. The Hall–Kier alpha value is -2.09. The smallest absolute Gasteiger partial charge is 0.195 e. The van der Waals surface area contributed by atoms with E-state index in [2.05, 4.69) is 10.1 Å². The monoisotopic (exact) mass is 407 g/mol. The van der Waals surface area contributed by atoms with E-state index in [0.717, 1.165) is 11.6 Å². The van der Waals surface area contributed by atoms with Crippen molar-refractivity contribution in [1.82, 2.24) is 14.8 Å². The van der Waals surface area contributed by atoms with Crippen molar-refractivity contribution in [2.24, 2.45) is 0 Å². The van der Waals surface area contributed by atoms with Crippen LogP contribution >= 0.6 is 23.8 Å². The summed E-state index contributed by atoms with van der Waals surface area (Å²) < 4.78 is 36.5. The molecule has 140 valence electrons. The Kier molecular flexibility index (Phi) is 4.84. The molecule has 2 aromatic carbocycles. The number of nitrogens with zero attached hydrogens (tertiary/aromatic N) is 2. The van der Waals surface area contributed by atoms with Gasteiger partial charge >= 0.3 is 0 Å². The molecule has 2 atom stereocenters. The van der Waals surface area contributed by atoms with Gasteiger partial charge in [0.2, 0.25) is 0 Å². The van der Waals surface area contributed by atoms with E-state index < -0.39 is 17.2 Å². The molecule has 0 unspecified atom stereocenters. The highest BCUT2D eigenvalue weighted by molar-refractivity contribution is 7.71. The van der Waals surface area contributed by atoms with E-state index in [1.807, 2.05) is 18.2 Å². The van der Waals surface area contributed by atoms with Gasteiger partial charge in [-0.25, -0.2) is 13.5 Å². The first-order chi connectivity index (χ1) is 13.0. The number of rotatable bonds is 4. The molecule has 0 aliphatic carbocycles. The van der Waals surface area contributed by atoms with Crippen LogP contribution in [0.25, 0.3) is 0 Å². The predicted molar refractivity (Wildman–Crippen MR) is 100 cm³/mol. The molecule has 27 heavy (non-hydrogen) atoms. The average molecular weight is 408 g/mol. The molecule has 0 amide bonds. The quantitative estimate of drug-likeness (QED) is 0.621. The van der Waals surface area contributed by atoms with Crippen LogP contribution in [0.3, 0.4) is 0 Å². The predicted octanol–water partition coefficient (Wildman–Crippen LogP) is 4.97. The second-order valence-corrected chi connectivity index (χ2v) is 7.27. The summed E-state index contributed by atoms with van der Waals surface area (Å²) in [5.74, 6) is -1.56. The molecule has 4 nitrogen and oxygen atoms in total. The number of nitrogens with one attached hydrogen (secondary N) is 1. The summed E-state index contributed by atoms with van der Waals surface area (Å²) in [7, 11) is 0. The summed E-state index contributed by atoms with van der Waals surface area (Å²) in [4.78, 5) is 2.83. The van der Waals surface area contributed by atoms with Crippen LogP contribution < -0.4 is 0 Å². The molecule has 1 aliphatic rings. The Morgan fingerprint density at radius 2 is 2.11 bits per heavy atom. The molecule has 1 aliphatic heterocycles. The Morgan fingerprint density at radius 1 is 1.30 bits per heavy atom. The van der Waals surface area contributed by atoms with Gasteiger partial charge in [0.15, 0.2) is 4.77 Å². The molecule has 1 saturated heterocycles. The van der Waals surface area contributed by atoms with E-state index >= 15 is 0 Å². The van der Waals surface area contributed by atoms with Crippen LogP contribution in [0.5, 0.6) is 0 Å². The molecule has 1 aromatic heterocycles. The lowest BCUT2D eigenvalue weighted by Gasteiger charge is -2.35. The summed E-state index contributed by atoms with van der Waals surface area (Å²) in [6, 6.07) is 10.9. The average Bonchev–Trinajstić information content (AvgIpc) is 3.23. The first-order valence-corrected chi connectivity index (χ1v) is 9.24. The van der Waals surface area contributed by atoms with Gasteiger partial charge in [-0.05, 0) is 36.3 Å². The lowest BCUT2D eigenvalue weighted by atomic mass is 9.77. The summed E-state index contributed by atoms with van der Waals surface area (Å²) >= 11 is 11.7. The maximum absolute atomic E-state index is 14.8. The third kappa shape index (κ3) is 3.20. The van der Waals surface area contributed by atoms with Gasteiger partial charge in [-0.1, -0.05) is 35.9 Å². The molecule has 0 radical (unpaired) electrons. The van der Waals surface area contributed by atoms with Crippen molar-refractivity contribution in [2.75, 3.05) is 6.61 Å². The number of aromatic nitrogens is 3. The molecule has 1 fully saturated rings. The van der Waals surface area contributed by atoms with Gasteiger partial charge < -0.3 is 9.72 Å². The summed E-state index contributed by atoms with van der Waals surface area (Å²) in [6.45, 7) is 0.582. The largest absolute Gasteiger partial charge is 0.368 e. The maximum Gasteiger partial charge on any atom is 0.195 e. The number of ether oxygens (including phenoxy) is 1. The first kappa shape index (κ1) is 18.3. The van der Waals surface area contributed by atoms with E-state index in [4.69, 9.17) is 28.6 Å². The molecule has 1 N–H and O–H groups in total. The van der Waals surface area contributed by atoms with Gasteiger partial charge in [0.25, 0.3) is 0 Å². The van der Waals surface area contributed by atoms with Crippen molar-refractivity contribution in [3.05, 3.63) is 81.3 Å². The minimum Gasteiger partial charge on any atom is -0.368 e. The standard InChI is InChI=1S/C19H16ClF2N3OS/c20-16-4-2-1-3-13(16)14-7-8-26-19(14,10-25-18(27)23-11-24-25)15-6-5-12(21)9-17(15)22/h1-6,9,11,14H,7-8,10H2,(H,23,24,27)/t14-,19-/m0/s1. The normalized spacial score (nSPS) is 22.3. The third-order valence-electron chi connectivity index (χ3n) is 5.00. The Balaban J connectivity index is 1.91. The maximum atomic E-state index is 14.8. The van der Waals surface area contributed by atoms with E-state index in [0.29, 0.717) is 22.8 Å². The Bertz CT molecular complexity index is 1040. The van der Waals surface area contributed by atoms with Crippen molar-refractivity contribution in [3.63, 3.8) is 0 Å². The number of H-pyrrole nitrogens is 1. The number of aromatic amines is 1. The fourth-order valence-electron chi connectivity index (χ4n) is 3.81. The molecular formula is C19H16ClF2N3OS. The molecule has 4 rings (SSSR count). The third-order valence-corrected chi connectivity index (χ3v) is 5.67. The van der Waals surface area contributed by atoms with E-state index in [-0.39, 0.29) is 18.0 Å². The van der Waals surface area contributed by atoms with Crippen LogP contribution in [0.15, 0.2) is 48.8 Å². The molecule has 0 saturated carbocycles. The Labute approximate surface area is 164 Å². The number of hydrogen-bond donors (Lipinski definition) is 1. The van der Waals surface area contributed by atoms with Gasteiger partial charge in [-0.2, -0.15) is 5.10 Å². The molecule has 3 aromatic rings. The summed E-state index contributed by atoms with van der Waals surface area (Å²) in [5, 5.41) is 4.77. The molecule has 0 bridgehead atoms. The second kappa shape index (κ2) is 7.14. The first-order valence-electron chi connectivity index (χ1n) is 8.46. The van der Waals surface area contributed by atoms with Gasteiger partial charge in [-0.3, -0.25) is 0 Å². The van der Waals surface area contributed by atoms with E-state index in [9.17, 15) is 8.78 Å². The Morgan fingerprint density at radius 3 is 2.81 bits per heavy atom.